The summed E-state index contributed by atoms with van der Waals surface area (Å²) < 4.78 is 12.0. The third-order valence-electron chi connectivity index (χ3n) is 4.09. The Hall–Kier alpha value is -1.71. The van der Waals surface area contributed by atoms with Gasteiger partial charge in [-0.3, -0.25) is 0 Å². The molecule has 1 heterocycles. The molecule has 0 radical (unpaired) electrons. The van der Waals surface area contributed by atoms with Crippen LogP contribution in [0.25, 0.3) is 0 Å². The lowest BCUT2D eigenvalue weighted by Crippen LogP contribution is -2.34. The highest BCUT2D eigenvalue weighted by Gasteiger charge is 2.18. The van der Waals surface area contributed by atoms with Crippen molar-refractivity contribution in [2.45, 2.75) is 12.8 Å². The van der Waals surface area contributed by atoms with Gasteiger partial charge < -0.3 is 14.4 Å². The molecule has 0 amide bonds. The SMILES string of the molecule is CN1CCC[C@@H](COc2ccccc2Oc2ccc(Cl)cc2)C1. The van der Waals surface area contributed by atoms with Crippen LogP contribution in [0.4, 0.5) is 0 Å². The van der Waals surface area contributed by atoms with Gasteiger partial charge in [0.05, 0.1) is 6.61 Å². The first-order valence-corrected chi connectivity index (χ1v) is 8.42. The van der Waals surface area contributed by atoms with Crippen molar-refractivity contribution in [3.05, 3.63) is 53.6 Å². The Labute approximate surface area is 142 Å². The van der Waals surface area contributed by atoms with Crippen LogP contribution in [0.15, 0.2) is 48.5 Å². The highest BCUT2D eigenvalue weighted by atomic mass is 35.5. The van der Waals surface area contributed by atoms with E-state index >= 15 is 0 Å². The fourth-order valence-corrected chi connectivity index (χ4v) is 3.03. The average Bonchev–Trinajstić information content (AvgIpc) is 2.56. The molecule has 0 aromatic heterocycles. The van der Waals surface area contributed by atoms with Crippen molar-refractivity contribution >= 4 is 11.6 Å². The van der Waals surface area contributed by atoms with Crippen molar-refractivity contribution in [1.29, 1.82) is 0 Å². The highest BCUT2D eigenvalue weighted by molar-refractivity contribution is 6.30. The van der Waals surface area contributed by atoms with Crippen LogP contribution in [0.1, 0.15) is 12.8 Å². The van der Waals surface area contributed by atoms with Crippen molar-refractivity contribution in [2.75, 3.05) is 26.7 Å². The maximum absolute atomic E-state index is 6.04. The topological polar surface area (TPSA) is 21.7 Å². The Bertz CT molecular complexity index is 630. The maximum atomic E-state index is 6.04. The Kier molecular flexibility index (Phi) is 5.42. The number of rotatable bonds is 5. The zero-order valence-corrected chi connectivity index (χ0v) is 14.1. The Morgan fingerprint density at radius 1 is 1.09 bits per heavy atom. The molecular weight excluding hydrogens is 310 g/mol. The first-order chi connectivity index (χ1) is 11.2. The summed E-state index contributed by atoms with van der Waals surface area (Å²) in [5.74, 6) is 2.86. The maximum Gasteiger partial charge on any atom is 0.169 e. The number of benzene rings is 2. The fraction of sp³-hybridized carbons (Fsp3) is 0.368. The molecule has 0 bridgehead atoms. The summed E-state index contributed by atoms with van der Waals surface area (Å²) >= 11 is 5.91. The largest absolute Gasteiger partial charge is 0.489 e. The lowest BCUT2D eigenvalue weighted by molar-refractivity contribution is 0.148. The normalized spacial score (nSPS) is 18.6. The molecule has 122 valence electrons. The van der Waals surface area contributed by atoms with Gasteiger partial charge in [-0.15, -0.1) is 0 Å². The molecule has 0 spiro atoms. The van der Waals surface area contributed by atoms with Crippen LogP contribution in [0, 0.1) is 5.92 Å². The van der Waals surface area contributed by atoms with E-state index < -0.39 is 0 Å². The van der Waals surface area contributed by atoms with E-state index in [2.05, 4.69) is 11.9 Å². The quantitative estimate of drug-likeness (QED) is 0.781. The molecule has 1 saturated heterocycles. The van der Waals surface area contributed by atoms with Crippen molar-refractivity contribution in [3.63, 3.8) is 0 Å². The van der Waals surface area contributed by atoms with Crippen molar-refractivity contribution in [2.24, 2.45) is 5.92 Å². The van der Waals surface area contributed by atoms with Gasteiger partial charge in [-0.25, -0.2) is 0 Å². The number of halogens is 1. The summed E-state index contributed by atoms with van der Waals surface area (Å²) in [6.07, 6.45) is 2.47. The summed E-state index contributed by atoms with van der Waals surface area (Å²) in [5.41, 5.74) is 0. The van der Waals surface area contributed by atoms with Crippen LogP contribution < -0.4 is 9.47 Å². The Balaban J connectivity index is 1.64. The predicted octanol–water partition coefficient (Wildman–Crippen LogP) is 4.85. The van der Waals surface area contributed by atoms with Gasteiger partial charge in [-0.05, 0) is 62.8 Å². The smallest absolute Gasteiger partial charge is 0.169 e. The Morgan fingerprint density at radius 3 is 2.57 bits per heavy atom. The molecule has 1 atom stereocenters. The molecular formula is C19H22ClNO2. The number of hydrogen-bond acceptors (Lipinski definition) is 3. The van der Waals surface area contributed by atoms with Gasteiger partial charge in [0.25, 0.3) is 0 Å². The number of nitrogens with zero attached hydrogens (tertiary/aromatic N) is 1. The van der Waals surface area contributed by atoms with Gasteiger partial charge in [-0.1, -0.05) is 23.7 Å². The first kappa shape index (κ1) is 16.2. The minimum atomic E-state index is 0.581. The molecule has 4 heteroatoms. The van der Waals surface area contributed by atoms with E-state index in [0.29, 0.717) is 10.9 Å². The number of hydrogen-bond donors (Lipinski definition) is 0. The van der Waals surface area contributed by atoms with Gasteiger partial charge in [0, 0.05) is 17.5 Å². The molecule has 0 unspecified atom stereocenters. The summed E-state index contributed by atoms with van der Waals surface area (Å²) in [5, 5.41) is 0.698. The van der Waals surface area contributed by atoms with Crippen LogP contribution in [0.2, 0.25) is 5.02 Å². The zero-order valence-electron chi connectivity index (χ0n) is 13.4. The summed E-state index contributed by atoms with van der Waals surface area (Å²) in [4.78, 5) is 2.37. The minimum Gasteiger partial charge on any atom is -0.489 e. The van der Waals surface area contributed by atoms with Gasteiger partial charge in [0.1, 0.15) is 5.75 Å². The lowest BCUT2D eigenvalue weighted by atomic mass is 10.00. The molecule has 23 heavy (non-hydrogen) atoms. The van der Waals surface area contributed by atoms with Crippen LogP contribution in [0.5, 0.6) is 17.2 Å². The van der Waals surface area contributed by atoms with E-state index in [-0.39, 0.29) is 0 Å². The monoisotopic (exact) mass is 331 g/mol. The second-order valence-electron chi connectivity index (χ2n) is 6.08. The van der Waals surface area contributed by atoms with Crippen LogP contribution in [0.3, 0.4) is 0 Å². The molecule has 1 fully saturated rings. The molecule has 3 rings (SSSR count). The standard InChI is InChI=1S/C19H22ClNO2/c1-21-12-4-5-15(13-21)14-22-18-6-2-3-7-19(18)23-17-10-8-16(20)9-11-17/h2-3,6-11,15H,4-5,12-14H2,1H3/t15-/m1/s1. The zero-order chi connectivity index (χ0) is 16.1. The minimum absolute atomic E-state index is 0.581. The molecule has 3 nitrogen and oxygen atoms in total. The molecule has 0 aliphatic carbocycles. The fourth-order valence-electron chi connectivity index (χ4n) is 2.90. The molecule has 1 aliphatic rings. The lowest BCUT2D eigenvalue weighted by Gasteiger charge is -2.29. The highest BCUT2D eigenvalue weighted by Crippen LogP contribution is 2.32. The van der Waals surface area contributed by atoms with Crippen molar-refractivity contribution in [3.8, 4) is 17.2 Å². The number of para-hydroxylation sites is 2. The summed E-state index contributed by atoms with van der Waals surface area (Å²) in [6, 6.07) is 15.2. The van der Waals surface area contributed by atoms with Gasteiger partial charge in [-0.2, -0.15) is 0 Å². The Morgan fingerprint density at radius 2 is 1.83 bits per heavy atom. The average molecular weight is 332 g/mol. The van der Waals surface area contributed by atoms with E-state index in [1.165, 1.54) is 19.4 Å². The predicted molar refractivity (Wildman–Crippen MR) is 93.7 cm³/mol. The third kappa shape index (κ3) is 4.63. The molecule has 2 aromatic carbocycles. The summed E-state index contributed by atoms with van der Waals surface area (Å²) in [6.45, 7) is 3.01. The molecule has 2 aromatic rings. The first-order valence-electron chi connectivity index (χ1n) is 8.04. The molecule has 0 saturated carbocycles. The molecule has 0 N–H and O–H groups in total. The van der Waals surface area contributed by atoms with Gasteiger partial charge in [0.15, 0.2) is 11.5 Å². The number of piperidine rings is 1. The van der Waals surface area contributed by atoms with Crippen LogP contribution in [-0.4, -0.2) is 31.6 Å². The second-order valence-corrected chi connectivity index (χ2v) is 6.52. The van der Waals surface area contributed by atoms with Crippen LogP contribution in [-0.2, 0) is 0 Å². The van der Waals surface area contributed by atoms with Crippen LogP contribution >= 0.6 is 11.6 Å². The van der Waals surface area contributed by atoms with E-state index in [9.17, 15) is 0 Å². The van der Waals surface area contributed by atoms with Gasteiger partial charge in [0.2, 0.25) is 0 Å². The van der Waals surface area contributed by atoms with E-state index in [0.717, 1.165) is 30.4 Å². The molecule has 1 aliphatic heterocycles. The van der Waals surface area contributed by atoms with Crippen molar-refractivity contribution < 1.29 is 9.47 Å². The summed E-state index contributed by atoms with van der Waals surface area (Å²) in [7, 11) is 2.17. The van der Waals surface area contributed by atoms with Gasteiger partial charge >= 0.3 is 0 Å². The van der Waals surface area contributed by atoms with E-state index in [1.807, 2.05) is 48.5 Å². The van der Waals surface area contributed by atoms with E-state index in [4.69, 9.17) is 21.1 Å². The second kappa shape index (κ2) is 7.71. The van der Waals surface area contributed by atoms with E-state index in [1.54, 1.807) is 0 Å². The number of ether oxygens (including phenoxy) is 2. The van der Waals surface area contributed by atoms with Crippen molar-refractivity contribution in [1.82, 2.24) is 4.90 Å². The number of likely N-dealkylation sites (tertiary alicyclic amines) is 1. The third-order valence-corrected chi connectivity index (χ3v) is 4.34.